The van der Waals surface area contributed by atoms with Crippen molar-refractivity contribution in [3.05, 3.63) is 47.9 Å². The molecule has 8 nitrogen and oxygen atoms in total. The molecule has 1 aromatic carbocycles. The van der Waals surface area contributed by atoms with Crippen LogP contribution < -0.4 is 11.5 Å². The number of rotatable bonds is 4. The van der Waals surface area contributed by atoms with Gasteiger partial charge in [-0.3, -0.25) is 0 Å². The van der Waals surface area contributed by atoms with Crippen LogP contribution in [0.15, 0.2) is 41.8 Å². The number of aliphatic imine (C=N–C) groups is 1. The summed E-state index contributed by atoms with van der Waals surface area (Å²) in [6.45, 7) is 8.30. The molecule has 2 aliphatic heterocycles. The lowest BCUT2D eigenvalue weighted by Gasteiger charge is -2.24. The fourth-order valence-corrected chi connectivity index (χ4v) is 7.00. The summed E-state index contributed by atoms with van der Waals surface area (Å²) in [4.78, 5) is 13.4. The van der Waals surface area contributed by atoms with Crippen LogP contribution >= 0.6 is 0 Å². The molecule has 5 atom stereocenters. The van der Waals surface area contributed by atoms with Gasteiger partial charge in [0.2, 0.25) is 0 Å². The van der Waals surface area contributed by atoms with Crippen LogP contribution in [0.1, 0.15) is 57.7 Å². The van der Waals surface area contributed by atoms with Crippen molar-refractivity contribution in [3.63, 3.8) is 0 Å². The van der Waals surface area contributed by atoms with Gasteiger partial charge in [0.05, 0.1) is 23.2 Å². The maximum absolute atomic E-state index is 6.57. The minimum atomic E-state index is -0.601. The lowest BCUT2D eigenvalue weighted by Crippen LogP contribution is -2.32. The van der Waals surface area contributed by atoms with Crippen LogP contribution in [-0.2, 0) is 21.3 Å². The molecular formula is C27H32N6O2. The van der Waals surface area contributed by atoms with Crippen molar-refractivity contribution in [2.24, 2.45) is 22.1 Å². The molecule has 0 amide bonds. The summed E-state index contributed by atoms with van der Waals surface area (Å²) in [6.07, 6.45) is 6.83. The van der Waals surface area contributed by atoms with Crippen molar-refractivity contribution in [1.82, 2.24) is 14.5 Å². The Morgan fingerprint density at radius 2 is 1.91 bits per heavy atom. The number of ether oxygens (including phenoxy) is 2. The molecule has 3 aromatic rings. The number of nitrogen functional groups attached to an aromatic ring is 1. The Kier molecular flexibility index (Phi) is 4.03. The van der Waals surface area contributed by atoms with E-state index in [4.69, 9.17) is 20.9 Å². The summed E-state index contributed by atoms with van der Waals surface area (Å²) in [5.74, 6) is 1.07. The van der Waals surface area contributed by atoms with Crippen molar-refractivity contribution in [2.45, 2.75) is 76.4 Å². The largest absolute Gasteiger partial charge is 0.386 e. The van der Waals surface area contributed by atoms with Gasteiger partial charge in [-0.1, -0.05) is 12.1 Å². The third-order valence-electron chi connectivity index (χ3n) is 8.98. The van der Waals surface area contributed by atoms with E-state index in [0.29, 0.717) is 17.6 Å². The highest BCUT2D eigenvalue weighted by atomic mass is 16.8. The number of benzene rings is 1. The van der Waals surface area contributed by atoms with Gasteiger partial charge in [0.25, 0.3) is 0 Å². The van der Waals surface area contributed by atoms with Gasteiger partial charge in [0.1, 0.15) is 29.7 Å². The van der Waals surface area contributed by atoms with Gasteiger partial charge in [-0.2, -0.15) is 0 Å². The first-order valence-electron chi connectivity index (χ1n) is 12.5. The number of nitrogens with zero attached hydrogens (tertiary/aromatic N) is 4. The van der Waals surface area contributed by atoms with Crippen LogP contribution in [0.3, 0.4) is 0 Å². The monoisotopic (exact) mass is 472 g/mol. The van der Waals surface area contributed by atoms with Crippen LogP contribution in [0.2, 0.25) is 0 Å². The van der Waals surface area contributed by atoms with E-state index in [0.717, 1.165) is 36.0 Å². The Hall–Kier alpha value is -2.97. The summed E-state index contributed by atoms with van der Waals surface area (Å²) in [7, 11) is 0. The van der Waals surface area contributed by atoms with E-state index in [-0.39, 0.29) is 29.1 Å². The molecule has 2 aromatic heterocycles. The molecule has 1 saturated heterocycles. The fraction of sp³-hybridized carbons (Fsp3) is 0.519. The van der Waals surface area contributed by atoms with Gasteiger partial charge >= 0.3 is 0 Å². The molecule has 0 radical (unpaired) electrons. The Labute approximate surface area is 204 Å². The number of aryl methyl sites for hydroxylation is 1. The standard InChI is InChI=1S/C27H32N6O2/c1-25(2)16-6-5-14(11-18(16)32-24(25)29)7-9-27-12-17(27)19(20-21(27)35-26(3,4)34-20)33-10-8-15-22(28)30-13-31-23(15)33/h5-6,8,10-11,13,17,19-21H,7,9,12H2,1-4H3,(H2,29,32)(H2,28,30,31)/t17-,19-,20+,21+,27+/m1/s1. The van der Waals surface area contributed by atoms with Crippen LogP contribution in [0.5, 0.6) is 0 Å². The highest BCUT2D eigenvalue weighted by Crippen LogP contribution is 2.73. The predicted molar refractivity (Wildman–Crippen MR) is 134 cm³/mol. The number of fused-ring (bicyclic) bond motifs is 5. The molecule has 4 heterocycles. The fourth-order valence-electron chi connectivity index (χ4n) is 7.00. The summed E-state index contributed by atoms with van der Waals surface area (Å²) in [6, 6.07) is 8.83. The Morgan fingerprint density at radius 1 is 1.09 bits per heavy atom. The van der Waals surface area contributed by atoms with E-state index >= 15 is 0 Å². The van der Waals surface area contributed by atoms with Crippen molar-refractivity contribution >= 4 is 28.4 Å². The highest BCUT2D eigenvalue weighted by Gasteiger charge is 2.75. The smallest absolute Gasteiger partial charge is 0.163 e. The quantitative estimate of drug-likeness (QED) is 0.593. The van der Waals surface area contributed by atoms with E-state index in [1.807, 2.05) is 19.9 Å². The van der Waals surface area contributed by atoms with Crippen LogP contribution in [-0.4, -0.2) is 38.4 Å². The molecule has 0 bridgehead atoms. The lowest BCUT2D eigenvalue weighted by atomic mass is 9.84. The summed E-state index contributed by atoms with van der Waals surface area (Å²) < 4.78 is 15.3. The van der Waals surface area contributed by atoms with Gasteiger partial charge in [-0.15, -0.1) is 0 Å². The molecule has 0 unspecified atom stereocenters. The predicted octanol–water partition coefficient (Wildman–Crippen LogP) is 4.01. The first-order chi connectivity index (χ1) is 16.6. The normalized spacial score (nSPS) is 33.4. The molecule has 7 rings (SSSR count). The Morgan fingerprint density at radius 3 is 2.74 bits per heavy atom. The lowest BCUT2D eigenvalue weighted by molar-refractivity contribution is -0.161. The Bertz CT molecular complexity index is 1410. The zero-order valence-electron chi connectivity index (χ0n) is 20.7. The van der Waals surface area contributed by atoms with Gasteiger partial charge in [0, 0.05) is 17.0 Å². The first-order valence-corrected chi connectivity index (χ1v) is 12.5. The molecule has 35 heavy (non-hydrogen) atoms. The second-order valence-electron chi connectivity index (χ2n) is 11.7. The Balaban J connectivity index is 1.20. The first kappa shape index (κ1) is 21.3. The maximum Gasteiger partial charge on any atom is 0.163 e. The molecule has 3 fully saturated rings. The molecule has 8 heteroatoms. The topological polar surface area (TPSA) is 114 Å². The number of hydrogen-bond acceptors (Lipinski definition) is 7. The molecule has 4 aliphatic rings. The molecular weight excluding hydrogens is 440 g/mol. The van der Waals surface area contributed by atoms with E-state index < -0.39 is 5.79 Å². The minimum absolute atomic E-state index is 0.0132. The number of anilines is 1. The van der Waals surface area contributed by atoms with E-state index in [9.17, 15) is 0 Å². The average molecular weight is 473 g/mol. The third-order valence-corrected chi connectivity index (χ3v) is 8.98. The number of hydrogen-bond donors (Lipinski definition) is 2. The molecule has 2 saturated carbocycles. The molecule has 182 valence electrons. The maximum atomic E-state index is 6.57. The highest BCUT2D eigenvalue weighted by molar-refractivity contribution is 5.98. The van der Waals surface area contributed by atoms with Crippen LogP contribution in [0.4, 0.5) is 11.5 Å². The molecule has 2 aliphatic carbocycles. The molecule has 0 spiro atoms. The van der Waals surface area contributed by atoms with Gasteiger partial charge in [-0.05, 0) is 76.1 Å². The number of aromatic nitrogens is 3. The SMILES string of the molecule is CC1(C)O[C@H]2[C@H](n3ccc4c(N)ncnc43)[C@H]3C[C@]3(CCc3ccc4c(c3)N=C(N)C4(C)C)[C@H]2O1. The van der Waals surface area contributed by atoms with E-state index in [1.165, 1.54) is 11.1 Å². The average Bonchev–Trinajstić information content (AvgIpc) is 3.00. The second-order valence-corrected chi connectivity index (χ2v) is 11.7. The van der Waals surface area contributed by atoms with E-state index in [1.54, 1.807) is 6.33 Å². The van der Waals surface area contributed by atoms with Crippen molar-refractivity contribution in [1.29, 1.82) is 0 Å². The van der Waals surface area contributed by atoms with Crippen LogP contribution in [0.25, 0.3) is 11.0 Å². The van der Waals surface area contributed by atoms with Crippen molar-refractivity contribution < 1.29 is 9.47 Å². The number of amidine groups is 1. The van der Waals surface area contributed by atoms with Gasteiger partial charge < -0.3 is 25.5 Å². The zero-order valence-corrected chi connectivity index (χ0v) is 20.7. The van der Waals surface area contributed by atoms with Crippen molar-refractivity contribution in [3.8, 4) is 0 Å². The van der Waals surface area contributed by atoms with Crippen LogP contribution in [0, 0.1) is 11.3 Å². The number of nitrogens with two attached hydrogens (primary N) is 2. The summed E-state index contributed by atoms with van der Waals surface area (Å²) in [5.41, 5.74) is 16.6. The van der Waals surface area contributed by atoms with E-state index in [2.05, 4.69) is 57.8 Å². The third kappa shape index (κ3) is 2.84. The van der Waals surface area contributed by atoms with Gasteiger partial charge in [0.15, 0.2) is 5.79 Å². The molecule has 4 N–H and O–H groups in total. The zero-order chi connectivity index (χ0) is 24.3. The summed E-state index contributed by atoms with van der Waals surface area (Å²) >= 11 is 0. The van der Waals surface area contributed by atoms with Crippen molar-refractivity contribution in [2.75, 3.05) is 5.73 Å². The minimum Gasteiger partial charge on any atom is -0.386 e. The second kappa shape index (κ2) is 6.62. The van der Waals surface area contributed by atoms with Gasteiger partial charge in [-0.25, -0.2) is 15.0 Å². The summed E-state index contributed by atoms with van der Waals surface area (Å²) in [5, 5.41) is 0.890.